The number of aromatic amines is 1. The minimum absolute atomic E-state index is 0.722. The van der Waals surface area contributed by atoms with E-state index in [2.05, 4.69) is 24.1 Å². The van der Waals surface area contributed by atoms with Crippen LogP contribution in [0.25, 0.3) is 10.9 Å². The van der Waals surface area contributed by atoms with E-state index in [9.17, 15) is 4.79 Å². The zero-order chi connectivity index (χ0) is 13.0. The number of rotatable bonds is 6. The third-order valence-corrected chi connectivity index (χ3v) is 3.12. The lowest BCUT2D eigenvalue weighted by Gasteiger charge is -2.06. The number of aromatic nitrogens is 1. The first-order valence-electron chi connectivity index (χ1n) is 6.52. The SMILES string of the molecule is CC(C)CCCNc1[nH]c2ccccc2c1C=O. The first-order valence-corrected chi connectivity index (χ1v) is 6.52. The molecule has 2 N–H and O–H groups in total. The van der Waals surface area contributed by atoms with Crippen molar-refractivity contribution in [2.75, 3.05) is 11.9 Å². The lowest BCUT2D eigenvalue weighted by Crippen LogP contribution is -2.04. The van der Waals surface area contributed by atoms with Crippen LogP contribution in [0.1, 0.15) is 37.0 Å². The lowest BCUT2D eigenvalue weighted by atomic mass is 10.1. The van der Waals surface area contributed by atoms with Crippen LogP contribution in [0.2, 0.25) is 0 Å². The van der Waals surface area contributed by atoms with Crippen molar-refractivity contribution in [3.63, 3.8) is 0 Å². The molecule has 1 heterocycles. The molecular weight excluding hydrogens is 224 g/mol. The van der Waals surface area contributed by atoms with Gasteiger partial charge in [-0.05, 0) is 24.8 Å². The maximum Gasteiger partial charge on any atom is 0.154 e. The minimum Gasteiger partial charge on any atom is -0.371 e. The van der Waals surface area contributed by atoms with E-state index >= 15 is 0 Å². The Labute approximate surface area is 108 Å². The van der Waals surface area contributed by atoms with Gasteiger partial charge in [-0.2, -0.15) is 0 Å². The monoisotopic (exact) mass is 244 g/mol. The highest BCUT2D eigenvalue weighted by atomic mass is 16.1. The van der Waals surface area contributed by atoms with Gasteiger partial charge in [0.2, 0.25) is 0 Å². The molecule has 0 aliphatic carbocycles. The highest BCUT2D eigenvalue weighted by molar-refractivity contribution is 6.03. The Balaban J connectivity index is 2.10. The highest BCUT2D eigenvalue weighted by Crippen LogP contribution is 2.24. The Bertz CT molecular complexity index is 528. The number of carbonyl (C=O) groups is 1. The summed E-state index contributed by atoms with van der Waals surface area (Å²) in [5, 5.41) is 4.31. The zero-order valence-electron chi connectivity index (χ0n) is 11.0. The van der Waals surface area contributed by atoms with Crippen LogP contribution in [0.3, 0.4) is 0 Å². The van der Waals surface area contributed by atoms with E-state index in [1.807, 2.05) is 24.3 Å². The summed E-state index contributed by atoms with van der Waals surface area (Å²) in [6.45, 7) is 5.34. The molecule has 96 valence electrons. The molecule has 2 aromatic rings. The van der Waals surface area contributed by atoms with Crippen molar-refractivity contribution in [1.29, 1.82) is 0 Å². The van der Waals surface area contributed by atoms with Gasteiger partial charge in [0.1, 0.15) is 5.82 Å². The number of carbonyl (C=O) groups excluding carboxylic acids is 1. The molecule has 0 bridgehead atoms. The second-order valence-electron chi connectivity index (χ2n) is 5.04. The van der Waals surface area contributed by atoms with Gasteiger partial charge < -0.3 is 10.3 Å². The average Bonchev–Trinajstić information content (AvgIpc) is 2.71. The number of hydrogen-bond donors (Lipinski definition) is 2. The van der Waals surface area contributed by atoms with E-state index in [1.165, 1.54) is 6.42 Å². The Morgan fingerprint density at radius 2 is 2.11 bits per heavy atom. The molecule has 1 aromatic carbocycles. The number of anilines is 1. The van der Waals surface area contributed by atoms with Gasteiger partial charge in [0.05, 0.1) is 5.56 Å². The average molecular weight is 244 g/mol. The third kappa shape index (κ3) is 2.73. The molecule has 0 unspecified atom stereocenters. The van der Waals surface area contributed by atoms with Crippen LogP contribution in [0, 0.1) is 5.92 Å². The molecule has 3 heteroatoms. The predicted molar refractivity (Wildman–Crippen MR) is 76.2 cm³/mol. The van der Waals surface area contributed by atoms with Crippen LogP contribution in [-0.2, 0) is 0 Å². The Hall–Kier alpha value is -1.77. The largest absolute Gasteiger partial charge is 0.371 e. The molecule has 0 saturated heterocycles. The molecule has 3 nitrogen and oxygen atoms in total. The molecule has 0 aliphatic rings. The summed E-state index contributed by atoms with van der Waals surface area (Å²) >= 11 is 0. The van der Waals surface area contributed by atoms with Crippen LogP contribution >= 0.6 is 0 Å². The van der Waals surface area contributed by atoms with Crippen molar-refractivity contribution >= 4 is 23.0 Å². The number of nitrogens with one attached hydrogen (secondary N) is 2. The van der Waals surface area contributed by atoms with E-state index in [0.29, 0.717) is 0 Å². The van der Waals surface area contributed by atoms with Gasteiger partial charge in [-0.25, -0.2) is 0 Å². The Kier molecular flexibility index (Phi) is 4.03. The van der Waals surface area contributed by atoms with E-state index in [4.69, 9.17) is 0 Å². The fourth-order valence-electron chi connectivity index (χ4n) is 2.15. The molecule has 2 rings (SSSR count). The fraction of sp³-hybridized carbons (Fsp3) is 0.400. The molecular formula is C15H20N2O. The molecule has 1 aromatic heterocycles. The fourth-order valence-corrected chi connectivity index (χ4v) is 2.15. The summed E-state index contributed by atoms with van der Waals surface area (Å²) in [4.78, 5) is 14.4. The molecule has 0 radical (unpaired) electrons. The van der Waals surface area contributed by atoms with Gasteiger partial charge in [-0.15, -0.1) is 0 Å². The summed E-state index contributed by atoms with van der Waals surface area (Å²) in [6.07, 6.45) is 3.23. The lowest BCUT2D eigenvalue weighted by molar-refractivity contribution is 0.112. The standard InChI is InChI=1S/C15H20N2O/c1-11(2)6-5-9-16-15-13(10-18)12-7-3-4-8-14(12)17-15/h3-4,7-8,10-11,16-17H,5-6,9H2,1-2H3. The first-order chi connectivity index (χ1) is 8.72. The van der Waals surface area contributed by atoms with Crippen molar-refractivity contribution in [3.05, 3.63) is 29.8 Å². The van der Waals surface area contributed by atoms with Gasteiger partial charge in [0.25, 0.3) is 0 Å². The number of benzene rings is 1. The second-order valence-corrected chi connectivity index (χ2v) is 5.04. The summed E-state index contributed by atoms with van der Waals surface area (Å²) < 4.78 is 0. The van der Waals surface area contributed by atoms with Crippen molar-refractivity contribution in [2.24, 2.45) is 5.92 Å². The van der Waals surface area contributed by atoms with Crippen LogP contribution in [0.5, 0.6) is 0 Å². The number of aldehydes is 1. The molecule has 18 heavy (non-hydrogen) atoms. The quantitative estimate of drug-likeness (QED) is 0.599. The van der Waals surface area contributed by atoms with E-state index in [-0.39, 0.29) is 0 Å². The summed E-state index contributed by atoms with van der Waals surface area (Å²) in [5.74, 6) is 1.56. The van der Waals surface area contributed by atoms with Crippen molar-refractivity contribution in [2.45, 2.75) is 26.7 Å². The van der Waals surface area contributed by atoms with E-state index < -0.39 is 0 Å². The maximum absolute atomic E-state index is 11.2. The molecule has 0 saturated carbocycles. The maximum atomic E-state index is 11.2. The summed E-state index contributed by atoms with van der Waals surface area (Å²) in [6, 6.07) is 7.87. The molecule has 0 fully saturated rings. The number of H-pyrrole nitrogens is 1. The van der Waals surface area contributed by atoms with Crippen molar-refractivity contribution < 1.29 is 4.79 Å². The predicted octanol–water partition coefficient (Wildman–Crippen LogP) is 3.83. The van der Waals surface area contributed by atoms with Crippen LogP contribution in [-0.4, -0.2) is 17.8 Å². The molecule has 0 atom stereocenters. The number of fused-ring (bicyclic) bond motifs is 1. The molecule has 0 spiro atoms. The summed E-state index contributed by atoms with van der Waals surface area (Å²) in [5.41, 5.74) is 1.74. The summed E-state index contributed by atoms with van der Waals surface area (Å²) in [7, 11) is 0. The minimum atomic E-state index is 0.722. The van der Waals surface area contributed by atoms with Crippen molar-refractivity contribution in [3.8, 4) is 0 Å². The topological polar surface area (TPSA) is 44.9 Å². The Morgan fingerprint density at radius 3 is 2.83 bits per heavy atom. The normalized spacial score (nSPS) is 11.1. The third-order valence-electron chi connectivity index (χ3n) is 3.12. The van der Waals surface area contributed by atoms with E-state index in [1.54, 1.807) is 0 Å². The van der Waals surface area contributed by atoms with Gasteiger partial charge in [-0.1, -0.05) is 32.0 Å². The van der Waals surface area contributed by atoms with Gasteiger partial charge >= 0.3 is 0 Å². The molecule has 0 amide bonds. The highest BCUT2D eigenvalue weighted by Gasteiger charge is 2.09. The van der Waals surface area contributed by atoms with Crippen LogP contribution < -0.4 is 5.32 Å². The van der Waals surface area contributed by atoms with Gasteiger partial charge in [0, 0.05) is 17.4 Å². The smallest absolute Gasteiger partial charge is 0.154 e. The van der Waals surface area contributed by atoms with Crippen LogP contribution in [0.4, 0.5) is 5.82 Å². The van der Waals surface area contributed by atoms with Gasteiger partial charge in [0.15, 0.2) is 6.29 Å². The Morgan fingerprint density at radius 1 is 1.33 bits per heavy atom. The first kappa shape index (κ1) is 12.7. The molecule has 0 aliphatic heterocycles. The van der Waals surface area contributed by atoms with Crippen molar-refractivity contribution in [1.82, 2.24) is 4.98 Å². The number of hydrogen-bond acceptors (Lipinski definition) is 2. The number of para-hydroxylation sites is 1. The van der Waals surface area contributed by atoms with E-state index in [0.717, 1.165) is 47.5 Å². The van der Waals surface area contributed by atoms with Gasteiger partial charge in [-0.3, -0.25) is 4.79 Å². The zero-order valence-corrected chi connectivity index (χ0v) is 11.0. The second kappa shape index (κ2) is 5.71. The van der Waals surface area contributed by atoms with Crippen LogP contribution in [0.15, 0.2) is 24.3 Å².